The fraction of sp³-hybridized carbons (Fsp3) is 0.0909. The van der Waals surface area contributed by atoms with Gasteiger partial charge >= 0.3 is 0 Å². The zero-order chi connectivity index (χ0) is 20.5. The molecule has 3 heterocycles. The van der Waals surface area contributed by atoms with E-state index in [4.69, 9.17) is 0 Å². The molecule has 2 aromatic carbocycles. The smallest absolute Gasteiger partial charge is 0.263 e. The molecule has 0 aliphatic rings. The number of fused-ring (bicyclic) bond motifs is 1. The van der Waals surface area contributed by atoms with Gasteiger partial charge in [0.15, 0.2) is 5.65 Å². The first kappa shape index (κ1) is 17.9. The molecule has 3 aromatic heterocycles. The molecule has 5 aromatic rings. The monoisotopic (exact) mass is 397 g/mol. The summed E-state index contributed by atoms with van der Waals surface area (Å²) in [6.07, 6.45) is 5.17. The second-order valence-corrected chi connectivity index (χ2v) is 6.93. The highest BCUT2D eigenvalue weighted by atomic mass is 16.1. The predicted octanol–water partition coefficient (Wildman–Crippen LogP) is 3.04. The number of aryl methyl sites for hydroxylation is 1. The number of hydrogen-bond donors (Lipinski definition) is 2. The maximum absolute atomic E-state index is 12.7. The molecule has 8 heteroatoms. The summed E-state index contributed by atoms with van der Waals surface area (Å²) in [5.74, 6) is 1.16. The summed E-state index contributed by atoms with van der Waals surface area (Å²) >= 11 is 0. The van der Waals surface area contributed by atoms with E-state index in [1.165, 1.54) is 6.20 Å². The number of benzene rings is 2. The summed E-state index contributed by atoms with van der Waals surface area (Å²) in [5, 5.41) is 8.14. The number of rotatable bonds is 5. The molecule has 148 valence electrons. The minimum Gasteiger partial charge on any atom is -0.342 e. The molecule has 8 nitrogen and oxygen atoms in total. The van der Waals surface area contributed by atoms with Crippen molar-refractivity contribution < 1.29 is 0 Å². The predicted molar refractivity (Wildman–Crippen MR) is 115 cm³/mol. The molecule has 0 spiro atoms. The van der Waals surface area contributed by atoms with E-state index in [1.54, 1.807) is 10.9 Å². The van der Waals surface area contributed by atoms with Crippen molar-refractivity contribution in [1.29, 1.82) is 0 Å². The highest BCUT2D eigenvalue weighted by Crippen LogP contribution is 2.24. The third kappa shape index (κ3) is 3.14. The van der Waals surface area contributed by atoms with Gasteiger partial charge in [0.05, 0.1) is 11.9 Å². The van der Waals surface area contributed by atoms with Crippen molar-refractivity contribution in [1.82, 2.24) is 29.3 Å². The molecular weight excluding hydrogens is 378 g/mol. The highest BCUT2D eigenvalue weighted by Gasteiger charge is 2.20. The van der Waals surface area contributed by atoms with Gasteiger partial charge in [-0.2, -0.15) is 10.1 Å². The second kappa shape index (κ2) is 7.32. The van der Waals surface area contributed by atoms with Gasteiger partial charge in [-0.05, 0) is 17.7 Å². The maximum atomic E-state index is 12.7. The number of para-hydroxylation sites is 1. The van der Waals surface area contributed by atoms with E-state index >= 15 is 0 Å². The minimum absolute atomic E-state index is 0.253. The molecule has 0 bridgehead atoms. The molecule has 0 amide bonds. The van der Waals surface area contributed by atoms with Crippen molar-refractivity contribution in [3.8, 4) is 5.69 Å². The van der Waals surface area contributed by atoms with Gasteiger partial charge in [-0.15, -0.1) is 0 Å². The summed E-state index contributed by atoms with van der Waals surface area (Å²) in [7, 11) is 1.93. The third-order valence-electron chi connectivity index (χ3n) is 4.97. The van der Waals surface area contributed by atoms with Crippen LogP contribution in [0.25, 0.3) is 16.7 Å². The van der Waals surface area contributed by atoms with Crippen molar-refractivity contribution in [2.75, 3.05) is 5.32 Å². The van der Waals surface area contributed by atoms with Gasteiger partial charge in [-0.1, -0.05) is 48.5 Å². The number of nitrogens with zero attached hydrogens (tertiary/aromatic N) is 5. The molecule has 0 aliphatic carbocycles. The molecule has 1 unspecified atom stereocenters. The Hall–Kier alpha value is -4.20. The van der Waals surface area contributed by atoms with Crippen LogP contribution in [0.1, 0.15) is 17.4 Å². The molecule has 5 rings (SSSR count). The normalized spacial score (nSPS) is 12.2. The lowest BCUT2D eigenvalue weighted by molar-refractivity contribution is 0.741. The van der Waals surface area contributed by atoms with Crippen LogP contribution in [0.5, 0.6) is 0 Å². The van der Waals surface area contributed by atoms with Gasteiger partial charge in [0.2, 0.25) is 5.95 Å². The van der Waals surface area contributed by atoms with Gasteiger partial charge in [-0.3, -0.25) is 9.78 Å². The lowest BCUT2D eigenvalue weighted by Gasteiger charge is -2.19. The van der Waals surface area contributed by atoms with E-state index in [0.29, 0.717) is 17.0 Å². The first-order valence-electron chi connectivity index (χ1n) is 9.53. The second-order valence-electron chi connectivity index (χ2n) is 6.93. The molecule has 0 saturated heterocycles. The van der Waals surface area contributed by atoms with Crippen LogP contribution in [0.2, 0.25) is 0 Å². The van der Waals surface area contributed by atoms with Crippen LogP contribution in [0, 0.1) is 0 Å². The Balaban J connectivity index is 1.61. The van der Waals surface area contributed by atoms with E-state index in [1.807, 2.05) is 78.5 Å². The van der Waals surface area contributed by atoms with Crippen LogP contribution in [-0.2, 0) is 7.05 Å². The number of nitrogens with one attached hydrogen (secondary N) is 2. The van der Waals surface area contributed by atoms with Crippen molar-refractivity contribution in [2.24, 2.45) is 7.05 Å². The Bertz CT molecular complexity index is 1350. The summed E-state index contributed by atoms with van der Waals surface area (Å²) in [6, 6.07) is 19.2. The quantitative estimate of drug-likeness (QED) is 0.475. The van der Waals surface area contributed by atoms with Crippen LogP contribution < -0.4 is 10.9 Å². The summed E-state index contributed by atoms with van der Waals surface area (Å²) in [5.41, 5.74) is 2.07. The highest BCUT2D eigenvalue weighted by molar-refractivity contribution is 5.76. The van der Waals surface area contributed by atoms with Crippen LogP contribution in [-0.4, -0.2) is 29.3 Å². The molecule has 30 heavy (non-hydrogen) atoms. The molecule has 0 fully saturated rings. The van der Waals surface area contributed by atoms with E-state index in [2.05, 4.69) is 25.4 Å². The van der Waals surface area contributed by atoms with E-state index in [0.717, 1.165) is 17.1 Å². The number of hydrogen-bond acceptors (Lipinski definition) is 5. The number of H-pyrrole nitrogens is 1. The molecule has 0 saturated carbocycles. The Morgan fingerprint density at radius 3 is 2.47 bits per heavy atom. The molecule has 0 radical (unpaired) electrons. The molecule has 2 N–H and O–H groups in total. The number of imidazole rings is 1. The first-order valence-corrected chi connectivity index (χ1v) is 9.53. The Labute approximate surface area is 171 Å². The topological polar surface area (TPSA) is 93.4 Å². The third-order valence-corrected chi connectivity index (χ3v) is 4.97. The SMILES string of the molecule is Cn1ccnc1C(Nc1nc2c(cnn2-c2ccccc2)c(=O)[nH]1)c1ccccc1. The van der Waals surface area contributed by atoms with Gasteiger partial charge in [0.1, 0.15) is 17.3 Å². The van der Waals surface area contributed by atoms with Crippen molar-refractivity contribution in [3.05, 3.63) is 101 Å². The van der Waals surface area contributed by atoms with Crippen molar-refractivity contribution in [2.45, 2.75) is 6.04 Å². The van der Waals surface area contributed by atoms with E-state index < -0.39 is 0 Å². The molecular formula is C22H19N7O. The maximum Gasteiger partial charge on any atom is 0.263 e. The zero-order valence-electron chi connectivity index (χ0n) is 16.2. The fourth-order valence-electron chi connectivity index (χ4n) is 3.48. The average Bonchev–Trinajstić information content (AvgIpc) is 3.40. The summed E-state index contributed by atoms with van der Waals surface area (Å²) < 4.78 is 3.60. The van der Waals surface area contributed by atoms with Crippen LogP contribution in [0.4, 0.5) is 5.95 Å². The molecule has 1 atom stereocenters. The number of aromatic nitrogens is 6. The number of anilines is 1. The van der Waals surface area contributed by atoms with Gasteiger partial charge in [0, 0.05) is 19.4 Å². The average molecular weight is 397 g/mol. The Morgan fingerprint density at radius 2 is 1.77 bits per heavy atom. The summed E-state index contributed by atoms with van der Waals surface area (Å²) in [6.45, 7) is 0. The van der Waals surface area contributed by atoms with Gasteiger partial charge in [-0.25, -0.2) is 9.67 Å². The Morgan fingerprint density at radius 1 is 1.03 bits per heavy atom. The summed E-state index contributed by atoms with van der Waals surface area (Å²) in [4.78, 5) is 24.7. The lowest BCUT2D eigenvalue weighted by Crippen LogP contribution is -2.21. The van der Waals surface area contributed by atoms with Crippen molar-refractivity contribution in [3.63, 3.8) is 0 Å². The minimum atomic E-state index is -0.292. The van der Waals surface area contributed by atoms with Gasteiger partial charge < -0.3 is 9.88 Å². The van der Waals surface area contributed by atoms with E-state index in [9.17, 15) is 4.79 Å². The Kier molecular flexibility index (Phi) is 4.36. The molecule has 0 aliphatic heterocycles. The zero-order valence-corrected chi connectivity index (χ0v) is 16.2. The fourth-order valence-corrected chi connectivity index (χ4v) is 3.48. The largest absolute Gasteiger partial charge is 0.342 e. The van der Waals surface area contributed by atoms with Crippen LogP contribution in [0.3, 0.4) is 0 Å². The standard InChI is InChI=1S/C22H19N7O/c1-28-13-12-23-20(28)18(15-8-4-2-5-9-15)25-22-26-19-17(21(30)27-22)14-24-29(19)16-10-6-3-7-11-16/h2-14,18H,1H3,(H2,25,26,27,30). The van der Waals surface area contributed by atoms with E-state index in [-0.39, 0.29) is 11.6 Å². The van der Waals surface area contributed by atoms with Crippen LogP contribution in [0.15, 0.2) is 84.0 Å². The van der Waals surface area contributed by atoms with Gasteiger partial charge in [0.25, 0.3) is 5.56 Å². The van der Waals surface area contributed by atoms with Crippen molar-refractivity contribution >= 4 is 17.0 Å². The first-order chi connectivity index (χ1) is 14.7. The lowest BCUT2D eigenvalue weighted by atomic mass is 10.1. The van der Waals surface area contributed by atoms with Crippen LogP contribution >= 0.6 is 0 Å². The number of aromatic amines is 1.